The maximum absolute atomic E-state index is 13.5. The quantitative estimate of drug-likeness (QED) is 0.863. The maximum Gasteiger partial charge on any atom is 0.250 e. The molecule has 1 atom stereocenters. The fourth-order valence-electron chi connectivity index (χ4n) is 2.56. The summed E-state index contributed by atoms with van der Waals surface area (Å²) in [6.45, 7) is 0.542. The Hall–Kier alpha value is -2.57. The second kappa shape index (κ2) is 6.28. The highest BCUT2D eigenvalue weighted by atomic mass is 19.1. The van der Waals surface area contributed by atoms with Gasteiger partial charge in [-0.25, -0.2) is 9.37 Å². The van der Waals surface area contributed by atoms with Gasteiger partial charge in [0.1, 0.15) is 31.3 Å². The number of hydrogen-bond donors (Lipinski definition) is 1. The Morgan fingerprint density at radius 2 is 2.22 bits per heavy atom. The molecule has 1 aliphatic rings. The van der Waals surface area contributed by atoms with Crippen molar-refractivity contribution in [2.45, 2.75) is 12.5 Å². The summed E-state index contributed by atoms with van der Waals surface area (Å²) < 4.78 is 18.6. The second-order valence-electron chi connectivity index (χ2n) is 5.30. The largest absolute Gasteiger partial charge is 0.497 e. The summed E-state index contributed by atoms with van der Waals surface area (Å²) in [5.41, 5.74) is 1.05. The maximum atomic E-state index is 13.5. The summed E-state index contributed by atoms with van der Waals surface area (Å²) in [5.74, 6) is 0.431. The lowest BCUT2D eigenvalue weighted by Crippen LogP contribution is -2.34. The van der Waals surface area contributed by atoms with E-state index in [1.54, 1.807) is 23.1 Å². The minimum Gasteiger partial charge on any atom is -0.497 e. The molecule has 1 aliphatic heterocycles. The summed E-state index contributed by atoms with van der Waals surface area (Å²) in [7, 11) is 7.07. The highest BCUT2D eigenvalue weighted by Gasteiger charge is 2.33. The number of hydrogen-bond acceptors (Lipinski definition) is 4. The van der Waals surface area contributed by atoms with E-state index in [9.17, 15) is 9.18 Å². The predicted octanol–water partition coefficient (Wildman–Crippen LogP) is 1.24. The van der Waals surface area contributed by atoms with Gasteiger partial charge in [-0.15, -0.1) is 0 Å². The van der Waals surface area contributed by atoms with Crippen LogP contribution in [0.1, 0.15) is 6.42 Å². The first-order valence-electron chi connectivity index (χ1n) is 7.21. The number of nitrogens with one attached hydrogen (secondary N) is 1. The van der Waals surface area contributed by atoms with Gasteiger partial charge < -0.3 is 10.1 Å². The fraction of sp³-hybridized carbons (Fsp3) is 0.250. The average Bonchev–Trinajstić information content (AvgIpc) is 2.88. The zero-order valence-electron chi connectivity index (χ0n) is 12.6. The van der Waals surface area contributed by atoms with Crippen molar-refractivity contribution >= 4 is 30.7 Å². The molecule has 3 rings (SSSR count). The number of anilines is 2. The lowest BCUT2D eigenvalue weighted by Gasteiger charge is -2.17. The van der Waals surface area contributed by atoms with Crippen molar-refractivity contribution in [1.82, 2.24) is 4.98 Å². The average molecular weight is 311 g/mol. The van der Waals surface area contributed by atoms with E-state index in [0.717, 1.165) is 0 Å². The second-order valence-corrected chi connectivity index (χ2v) is 5.30. The van der Waals surface area contributed by atoms with Crippen LogP contribution in [-0.4, -0.2) is 38.4 Å². The number of methoxy groups -OCH3 is 1. The SMILES string of the molecule is [B]c1ccc(N2CCC(Nc3cc(F)cc(OC)c3)C2=O)nc1. The van der Waals surface area contributed by atoms with E-state index in [2.05, 4.69) is 10.3 Å². The molecular formula is C16H15BFN3O2. The molecule has 2 aromatic rings. The van der Waals surface area contributed by atoms with Crippen LogP contribution in [-0.2, 0) is 4.79 Å². The molecule has 1 aromatic carbocycles. The van der Waals surface area contributed by atoms with Crippen molar-refractivity contribution in [2.24, 2.45) is 0 Å². The van der Waals surface area contributed by atoms with E-state index < -0.39 is 11.9 Å². The number of carbonyl (C=O) groups excluding carboxylic acids is 1. The van der Waals surface area contributed by atoms with Crippen LogP contribution in [0.5, 0.6) is 5.75 Å². The number of halogens is 1. The number of nitrogens with zero attached hydrogens (tertiary/aromatic N) is 2. The highest BCUT2D eigenvalue weighted by Crippen LogP contribution is 2.24. The van der Waals surface area contributed by atoms with E-state index in [1.807, 2.05) is 0 Å². The standard InChI is InChI=1S/C16H15BFN3O2/c1-23-13-7-11(18)6-12(8-13)20-14-4-5-21(16(14)22)15-3-2-10(17)9-19-15/h2-3,6-9,14,20H,4-5H2,1H3. The Morgan fingerprint density at radius 1 is 1.39 bits per heavy atom. The third-order valence-electron chi connectivity index (χ3n) is 3.70. The van der Waals surface area contributed by atoms with Gasteiger partial charge in [-0.3, -0.25) is 9.69 Å². The molecule has 0 spiro atoms. The molecule has 23 heavy (non-hydrogen) atoms. The fourth-order valence-corrected chi connectivity index (χ4v) is 2.56. The first kappa shape index (κ1) is 15.3. The number of aromatic nitrogens is 1. The molecule has 1 amide bonds. The molecule has 2 radical (unpaired) electrons. The number of amides is 1. The van der Waals surface area contributed by atoms with Crippen LogP contribution in [0.25, 0.3) is 0 Å². The van der Waals surface area contributed by atoms with E-state index in [0.29, 0.717) is 35.7 Å². The molecule has 0 saturated carbocycles. The first-order chi connectivity index (χ1) is 11.1. The van der Waals surface area contributed by atoms with Crippen LogP contribution >= 0.6 is 0 Å². The number of rotatable bonds is 4. The third-order valence-corrected chi connectivity index (χ3v) is 3.70. The van der Waals surface area contributed by atoms with E-state index in [4.69, 9.17) is 12.6 Å². The lowest BCUT2D eigenvalue weighted by atomic mass is 9.99. The van der Waals surface area contributed by atoms with Gasteiger partial charge in [-0.1, -0.05) is 11.5 Å². The monoisotopic (exact) mass is 311 g/mol. The third kappa shape index (κ3) is 3.28. The first-order valence-corrected chi connectivity index (χ1v) is 7.21. The molecule has 1 aromatic heterocycles. The Kier molecular flexibility index (Phi) is 4.19. The van der Waals surface area contributed by atoms with Gasteiger partial charge in [0.2, 0.25) is 0 Å². The number of carbonyl (C=O) groups is 1. The van der Waals surface area contributed by atoms with Crippen LogP contribution in [0.15, 0.2) is 36.5 Å². The van der Waals surface area contributed by atoms with Gasteiger partial charge in [0, 0.05) is 30.6 Å². The van der Waals surface area contributed by atoms with Gasteiger partial charge >= 0.3 is 0 Å². The topological polar surface area (TPSA) is 54.5 Å². The highest BCUT2D eigenvalue weighted by molar-refractivity contribution is 6.32. The van der Waals surface area contributed by atoms with E-state index in [-0.39, 0.29) is 5.91 Å². The molecule has 1 N–H and O–H groups in total. The molecule has 0 bridgehead atoms. The normalized spacial score (nSPS) is 17.4. The van der Waals surface area contributed by atoms with Crippen molar-refractivity contribution in [3.63, 3.8) is 0 Å². The lowest BCUT2D eigenvalue weighted by molar-refractivity contribution is -0.117. The summed E-state index contributed by atoms with van der Waals surface area (Å²) in [6, 6.07) is 7.25. The van der Waals surface area contributed by atoms with Gasteiger partial charge in [0.25, 0.3) is 5.91 Å². The Bertz CT molecular complexity index is 724. The molecular weight excluding hydrogens is 296 g/mol. The Balaban J connectivity index is 1.74. The smallest absolute Gasteiger partial charge is 0.250 e. The van der Waals surface area contributed by atoms with Crippen LogP contribution < -0.4 is 20.4 Å². The molecule has 1 saturated heterocycles. The molecule has 1 unspecified atom stereocenters. The van der Waals surface area contributed by atoms with Crippen molar-refractivity contribution in [2.75, 3.05) is 23.9 Å². The zero-order valence-corrected chi connectivity index (χ0v) is 12.6. The molecule has 1 fully saturated rings. The summed E-state index contributed by atoms with van der Waals surface area (Å²) >= 11 is 0. The summed E-state index contributed by atoms with van der Waals surface area (Å²) in [6.07, 6.45) is 2.12. The van der Waals surface area contributed by atoms with Gasteiger partial charge in [-0.05, 0) is 18.6 Å². The predicted molar refractivity (Wildman–Crippen MR) is 87.0 cm³/mol. The van der Waals surface area contributed by atoms with Gasteiger partial charge in [0.05, 0.1) is 7.11 Å². The summed E-state index contributed by atoms with van der Waals surface area (Å²) in [4.78, 5) is 18.3. The summed E-state index contributed by atoms with van der Waals surface area (Å²) in [5, 5.41) is 3.05. The van der Waals surface area contributed by atoms with Gasteiger partial charge in [0.15, 0.2) is 0 Å². The zero-order chi connectivity index (χ0) is 16.4. The molecule has 7 heteroatoms. The van der Waals surface area contributed by atoms with Crippen molar-refractivity contribution in [3.8, 4) is 5.75 Å². The van der Waals surface area contributed by atoms with Gasteiger partial charge in [-0.2, -0.15) is 0 Å². The van der Waals surface area contributed by atoms with Crippen molar-refractivity contribution < 1.29 is 13.9 Å². The van der Waals surface area contributed by atoms with Crippen LogP contribution in [0.4, 0.5) is 15.9 Å². The molecule has 116 valence electrons. The van der Waals surface area contributed by atoms with Crippen molar-refractivity contribution in [3.05, 3.63) is 42.3 Å². The minimum absolute atomic E-state index is 0.106. The van der Waals surface area contributed by atoms with Crippen LogP contribution in [0.2, 0.25) is 0 Å². The van der Waals surface area contributed by atoms with Crippen LogP contribution in [0.3, 0.4) is 0 Å². The number of ether oxygens (including phenoxy) is 1. The van der Waals surface area contributed by atoms with E-state index >= 15 is 0 Å². The molecule has 5 nitrogen and oxygen atoms in total. The number of benzene rings is 1. The Labute approximate surface area is 134 Å². The van der Waals surface area contributed by atoms with Crippen molar-refractivity contribution in [1.29, 1.82) is 0 Å². The Morgan fingerprint density at radius 3 is 2.91 bits per heavy atom. The minimum atomic E-state index is -0.430. The molecule has 2 heterocycles. The van der Waals surface area contributed by atoms with Crippen LogP contribution in [0, 0.1) is 5.82 Å². The molecule has 0 aliphatic carbocycles. The number of pyridine rings is 1. The van der Waals surface area contributed by atoms with E-state index in [1.165, 1.54) is 25.4 Å².